The molecule has 0 radical (unpaired) electrons. The van der Waals surface area contributed by atoms with Crippen molar-refractivity contribution in [1.82, 2.24) is 4.57 Å². The lowest BCUT2D eigenvalue weighted by atomic mass is 10.2. The van der Waals surface area contributed by atoms with Crippen LogP contribution in [0.25, 0.3) is 0 Å². The summed E-state index contributed by atoms with van der Waals surface area (Å²) in [5, 5.41) is 0.418. The van der Waals surface area contributed by atoms with Crippen LogP contribution in [0, 0.1) is 0 Å². The Hall–Kier alpha value is 0.314. The van der Waals surface area contributed by atoms with Crippen molar-refractivity contribution in [3.05, 3.63) is 0 Å². The Morgan fingerprint density at radius 2 is 1.38 bits per heavy atom. The molecule has 0 amide bonds. The standard InChI is InChI=1S/C16H39NO2Si2/c1-10-18-21(9,19-11-2)15-13-12-14-17(6)20(7,8)16(3,4)5/h10-15H2,1-9H3. The zero-order valence-electron chi connectivity index (χ0n) is 16.0. The minimum atomic E-state index is -1.91. The molecule has 0 aromatic heterocycles. The molecule has 0 aliphatic carbocycles. The molecule has 0 saturated carbocycles. The summed E-state index contributed by atoms with van der Waals surface area (Å²) in [6.07, 6.45) is 2.45. The van der Waals surface area contributed by atoms with Gasteiger partial charge in [-0.3, -0.25) is 0 Å². The molecule has 0 saturated heterocycles. The highest BCUT2D eigenvalue weighted by Crippen LogP contribution is 2.37. The summed E-state index contributed by atoms with van der Waals surface area (Å²) in [6, 6.07) is 1.11. The summed E-state index contributed by atoms with van der Waals surface area (Å²) in [5.41, 5.74) is 0. The molecule has 128 valence electrons. The zero-order valence-corrected chi connectivity index (χ0v) is 18.0. The summed E-state index contributed by atoms with van der Waals surface area (Å²) in [7, 11) is -0.959. The van der Waals surface area contributed by atoms with E-state index in [2.05, 4.69) is 65.9 Å². The van der Waals surface area contributed by atoms with Crippen LogP contribution in [0.15, 0.2) is 0 Å². The number of hydrogen-bond donors (Lipinski definition) is 0. The molecule has 0 atom stereocenters. The van der Waals surface area contributed by atoms with E-state index in [0.717, 1.165) is 19.3 Å². The molecular formula is C16H39NO2Si2. The smallest absolute Gasteiger partial charge is 0.334 e. The van der Waals surface area contributed by atoms with Crippen molar-refractivity contribution >= 4 is 16.8 Å². The molecule has 21 heavy (non-hydrogen) atoms. The molecule has 0 aromatic rings. The van der Waals surface area contributed by atoms with Crippen molar-refractivity contribution in [2.24, 2.45) is 0 Å². The van der Waals surface area contributed by atoms with E-state index in [1.54, 1.807) is 0 Å². The molecule has 0 aliphatic heterocycles. The van der Waals surface area contributed by atoms with Crippen molar-refractivity contribution in [3.8, 4) is 0 Å². The van der Waals surface area contributed by atoms with E-state index in [1.807, 2.05) is 0 Å². The maximum Gasteiger partial charge on any atom is 0.334 e. The fourth-order valence-corrected chi connectivity index (χ4v) is 6.79. The van der Waals surface area contributed by atoms with Gasteiger partial charge in [-0.25, -0.2) is 0 Å². The van der Waals surface area contributed by atoms with Gasteiger partial charge in [-0.1, -0.05) is 40.3 Å². The Morgan fingerprint density at radius 1 is 0.905 bits per heavy atom. The second kappa shape index (κ2) is 8.82. The molecule has 0 N–H and O–H groups in total. The van der Waals surface area contributed by atoms with E-state index in [1.165, 1.54) is 19.4 Å². The SMILES string of the molecule is CCO[Si](C)(CCCCN(C)[Si](C)(C)C(C)(C)C)OCC. The lowest BCUT2D eigenvalue weighted by molar-refractivity contribution is 0.188. The fraction of sp³-hybridized carbons (Fsp3) is 1.00. The largest absolute Gasteiger partial charge is 0.395 e. The van der Waals surface area contributed by atoms with Crippen molar-refractivity contribution in [3.63, 3.8) is 0 Å². The second-order valence-electron chi connectivity index (χ2n) is 7.69. The van der Waals surface area contributed by atoms with E-state index in [4.69, 9.17) is 8.85 Å². The molecule has 0 aliphatic rings. The highest BCUT2D eigenvalue weighted by atomic mass is 28.4. The minimum absolute atomic E-state index is 0.418. The highest BCUT2D eigenvalue weighted by Gasteiger charge is 2.38. The van der Waals surface area contributed by atoms with E-state index < -0.39 is 16.8 Å². The molecular weight excluding hydrogens is 294 g/mol. The third-order valence-corrected chi connectivity index (χ3v) is 13.9. The van der Waals surface area contributed by atoms with Gasteiger partial charge >= 0.3 is 8.56 Å². The quantitative estimate of drug-likeness (QED) is 0.421. The normalized spacial score (nSPS) is 14.0. The molecule has 0 bridgehead atoms. The lowest BCUT2D eigenvalue weighted by Gasteiger charge is -2.44. The number of hydrogen-bond acceptors (Lipinski definition) is 3. The molecule has 0 spiro atoms. The summed E-state index contributed by atoms with van der Waals surface area (Å²) < 4.78 is 14.5. The van der Waals surface area contributed by atoms with Crippen LogP contribution in [0.2, 0.25) is 30.7 Å². The average Bonchev–Trinajstić information content (AvgIpc) is 2.33. The Bertz CT molecular complexity index is 284. The fourth-order valence-electron chi connectivity index (χ4n) is 2.44. The summed E-state index contributed by atoms with van der Waals surface area (Å²) in [6.45, 7) is 21.2. The monoisotopic (exact) mass is 333 g/mol. The third-order valence-electron chi connectivity index (χ3n) is 5.06. The Kier molecular flexibility index (Phi) is 8.95. The van der Waals surface area contributed by atoms with Crippen LogP contribution >= 0.6 is 0 Å². The predicted octanol–water partition coefficient (Wildman–Crippen LogP) is 4.85. The maximum absolute atomic E-state index is 5.91. The van der Waals surface area contributed by atoms with Crippen LogP contribution in [-0.4, -0.2) is 48.2 Å². The van der Waals surface area contributed by atoms with Crippen molar-refractivity contribution in [1.29, 1.82) is 0 Å². The van der Waals surface area contributed by atoms with E-state index in [0.29, 0.717) is 5.04 Å². The minimum Gasteiger partial charge on any atom is -0.395 e. The summed E-state index contributed by atoms with van der Waals surface area (Å²) in [5.74, 6) is 0. The predicted molar refractivity (Wildman–Crippen MR) is 98.7 cm³/mol. The van der Waals surface area contributed by atoms with Gasteiger partial charge < -0.3 is 13.4 Å². The van der Waals surface area contributed by atoms with Crippen molar-refractivity contribution < 1.29 is 8.85 Å². The summed E-state index contributed by atoms with van der Waals surface area (Å²) >= 11 is 0. The number of nitrogens with zero attached hydrogens (tertiary/aromatic N) is 1. The van der Waals surface area contributed by atoms with Crippen LogP contribution < -0.4 is 0 Å². The Balaban J connectivity index is 4.25. The van der Waals surface area contributed by atoms with Crippen LogP contribution in [0.5, 0.6) is 0 Å². The zero-order chi connectivity index (χ0) is 16.7. The first-order chi connectivity index (χ1) is 9.50. The third kappa shape index (κ3) is 6.95. The van der Waals surface area contributed by atoms with Crippen LogP contribution in [-0.2, 0) is 8.85 Å². The van der Waals surface area contributed by atoms with Crippen LogP contribution in [0.3, 0.4) is 0 Å². The van der Waals surface area contributed by atoms with Crippen LogP contribution in [0.1, 0.15) is 47.5 Å². The van der Waals surface area contributed by atoms with Gasteiger partial charge in [-0.05, 0) is 51.5 Å². The number of unbranched alkanes of at least 4 members (excludes halogenated alkanes) is 1. The maximum atomic E-state index is 5.91. The highest BCUT2D eigenvalue weighted by molar-refractivity contribution is 6.77. The van der Waals surface area contributed by atoms with Gasteiger partial charge in [-0.15, -0.1) is 0 Å². The topological polar surface area (TPSA) is 21.7 Å². The van der Waals surface area contributed by atoms with Crippen LogP contribution in [0.4, 0.5) is 0 Å². The van der Waals surface area contributed by atoms with Gasteiger partial charge in [0.05, 0.1) is 0 Å². The molecule has 0 aromatic carbocycles. The van der Waals surface area contributed by atoms with E-state index in [-0.39, 0.29) is 0 Å². The van der Waals surface area contributed by atoms with Crippen molar-refractivity contribution in [2.75, 3.05) is 26.8 Å². The van der Waals surface area contributed by atoms with Gasteiger partial charge in [0, 0.05) is 13.2 Å². The lowest BCUT2D eigenvalue weighted by Crippen LogP contribution is -2.53. The first-order valence-corrected chi connectivity index (χ1v) is 14.0. The van der Waals surface area contributed by atoms with E-state index >= 15 is 0 Å². The number of rotatable bonds is 10. The first-order valence-electron chi connectivity index (χ1n) is 8.49. The molecule has 5 heteroatoms. The molecule has 0 rings (SSSR count). The molecule has 0 heterocycles. The molecule has 0 fully saturated rings. The molecule has 0 unspecified atom stereocenters. The second-order valence-corrected chi connectivity index (χ2v) is 16.4. The Morgan fingerprint density at radius 3 is 1.76 bits per heavy atom. The molecule has 3 nitrogen and oxygen atoms in total. The average molecular weight is 334 g/mol. The van der Waals surface area contributed by atoms with Gasteiger partial charge in [-0.2, -0.15) is 0 Å². The van der Waals surface area contributed by atoms with Gasteiger partial charge in [0.1, 0.15) is 8.24 Å². The van der Waals surface area contributed by atoms with Gasteiger partial charge in [0.2, 0.25) is 0 Å². The van der Waals surface area contributed by atoms with Gasteiger partial charge in [0.25, 0.3) is 0 Å². The van der Waals surface area contributed by atoms with Gasteiger partial charge in [0.15, 0.2) is 0 Å². The summed E-state index contributed by atoms with van der Waals surface area (Å²) in [4.78, 5) is 0. The first kappa shape index (κ1) is 21.3. The Labute approximate surface area is 135 Å². The van der Waals surface area contributed by atoms with Crippen molar-refractivity contribution in [2.45, 2.75) is 78.2 Å². The van der Waals surface area contributed by atoms with E-state index in [9.17, 15) is 0 Å².